The molecule has 0 aliphatic carbocycles. The number of hydrogen-bond donors (Lipinski definition) is 2. The molecule has 4 rings (SSSR count). The number of aryl methyl sites for hydroxylation is 2. The summed E-state index contributed by atoms with van der Waals surface area (Å²) in [6.45, 7) is 13.6. The van der Waals surface area contributed by atoms with E-state index in [0.717, 1.165) is 38.0 Å². The van der Waals surface area contributed by atoms with Crippen molar-refractivity contribution in [1.29, 1.82) is 0 Å². The summed E-state index contributed by atoms with van der Waals surface area (Å²) in [5.41, 5.74) is 9.56. The Morgan fingerprint density at radius 2 is 1.85 bits per heavy atom. The molecule has 0 spiro atoms. The molecule has 2 aromatic heterocycles. The summed E-state index contributed by atoms with van der Waals surface area (Å²) in [5, 5.41) is 4.97. The summed E-state index contributed by atoms with van der Waals surface area (Å²) in [7, 11) is -1.94. The van der Waals surface area contributed by atoms with Crippen LogP contribution in [0, 0.1) is 0 Å². The fraction of sp³-hybridized carbons (Fsp3) is 0.455. The zero-order valence-corrected chi connectivity index (χ0v) is 26.4. The first-order valence-electron chi connectivity index (χ1n) is 14.9. The van der Waals surface area contributed by atoms with Crippen molar-refractivity contribution in [1.82, 2.24) is 14.1 Å². The number of carbonyl (C=O) groups excluding carboxylic acids is 1. The molecule has 8 heteroatoms. The van der Waals surface area contributed by atoms with Gasteiger partial charge in [0.25, 0.3) is 5.91 Å². The third kappa shape index (κ3) is 8.33. The lowest BCUT2D eigenvalue weighted by atomic mass is 10.1. The van der Waals surface area contributed by atoms with Crippen LogP contribution in [0.3, 0.4) is 0 Å². The van der Waals surface area contributed by atoms with E-state index in [9.17, 15) is 4.79 Å². The van der Waals surface area contributed by atoms with Crippen molar-refractivity contribution in [2.24, 2.45) is 5.73 Å². The Kier molecular flexibility index (Phi) is 10.1. The fourth-order valence-electron chi connectivity index (χ4n) is 4.79. The number of unbranched alkanes of at least 4 members (excludes halogenated alkanes) is 2. The molecule has 1 atom stereocenters. The molecule has 0 bridgehead atoms. The zero-order valence-electron chi connectivity index (χ0n) is 25.4. The highest BCUT2D eigenvalue weighted by atomic mass is 28.4. The average Bonchev–Trinajstić information content (AvgIpc) is 3.58. The van der Waals surface area contributed by atoms with Crippen molar-refractivity contribution in [2.75, 3.05) is 18.5 Å². The second-order valence-corrected chi connectivity index (χ2v) is 17.4. The molecule has 3 N–H and O–H groups in total. The second kappa shape index (κ2) is 13.5. The highest BCUT2D eigenvalue weighted by Crippen LogP contribution is 2.37. The quantitative estimate of drug-likeness (QED) is 0.114. The lowest BCUT2D eigenvalue weighted by Gasteiger charge is -2.37. The first-order valence-corrected chi connectivity index (χ1v) is 17.8. The first-order chi connectivity index (χ1) is 19.5. The van der Waals surface area contributed by atoms with Gasteiger partial charge in [0.05, 0.1) is 24.5 Å². The monoisotopic (exact) mass is 573 g/mol. The largest absolute Gasteiger partial charge is 0.415 e. The SMILES string of the molecule is CC(C)(C)[Si](C)(C)OC[C@@H](CCn1ccc2ccc(NCCCCCc3ccccc3)cc21)n1cnc(C(N)=O)c1. The molecule has 2 heterocycles. The molecule has 0 aliphatic rings. The molecule has 0 aliphatic heterocycles. The Balaban J connectivity index is 1.37. The number of nitrogens with one attached hydrogen (secondary N) is 1. The standard InChI is InChI=1S/C33H47N5O2Si/c1-33(2,3)41(4,5)40-24-29(38-23-30(32(34)39)36-25-38)18-21-37-20-17-27-15-16-28(22-31(27)37)35-19-11-7-10-14-26-12-8-6-9-13-26/h6,8-9,12-13,15-17,20,22-23,25,29,35H,7,10-11,14,18-19,21,24H2,1-5H3,(H2,34,39)/t29-/m1/s1. The van der Waals surface area contributed by atoms with E-state index in [1.165, 1.54) is 29.3 Å². The van der Waals surface area contributed by atoms with Crippen molar-refractivity contribution in [2.45, 2.75) is 83.6 Å². The third-order valence-electron chi connectivity index (χ3n) is 8.51. The van der Waals surface area contributed by atoms with Crippen LogP contribution in [-0.4, -0.2) is 41.5 Å². The lowest BCUT2D eigenvalue weighted by molar-refractivity contribution is 0.0995. The molecule has 0 saturated heterocycles. The van der Waals surface area contributed by atoms with Gasteiger partial charge in [0.2, 0.25) is 0 Å². The van der Waals surface area contributed by atoms with E-state index in [1.807, 2.05) is 4.57 Å². The average molecular weight is 574 g/mol. The van der Waals surface area contributed by atoms with Gasteiger partial charge in [0, 0.05) is 31.2 Å². The van der Waals surface area contributed by atoms with E-state index in [4.69, 9.17) is 10.2 Å². The Labute approximate surface area is 246 Å². The number of rotatable bonds is 15. The van der Waals surface area contributed by atoms with Crippen molar-refractivity contribution in [3.63, 3.8) is 0 Å². The summed E-state index contributed by atoms with van der Waals surface area (Å²) in [5.74, 6) is -0.513. The van der Waals surface area contributed by atoms with Crippen molar-refractivity contribution in [3.8, 4) is 0 Å². The molecule has 0 radical (unpaired) electrons. The number of nitrogens with zero attached hydrogens (tertiary/aromatic N) is 3. The Bertz CT molecular complexity index is 1400. The number of amides is 1. The topological polar surface area (TPSA) is 87.1 Å². The summed E-state index contributed by atoms with van der Waals surface area (Å²) >= 11 is 0. The van der Waals surface area contributed by atoms with Gasteiger partial charge < -0.3 is 24.6 Å². The third-order valence-corrected chi connectivity index (χ3v) is 13.0. The van der Waals surface area contributed by atoms with E-state index in [2.05, 4.69) is 110 Å². The van der Waals surface area contributed by atoms with Crippen LogP contribution < -0.4 is 11.1 Å². The Morgan fingerprint density at radius 3 is 2.56 bits per heavy atom. The molecular weight excluding hydrogens is 526 g/mol. The van der Waals surface area contributed by atoms with Gasteiger partial charge in [-0.1, -0.05) is 63.6 Å². The lowest BCUT2D eigenvalue weighted by Crippen LogP contribution is -2.42. The molecular formula is C33H47N5O2Si. The molecule has 0 saturated carbocycles. The fourth-order valence-corrected chi connectivity index (χ4v) is 5.83. The predicted molar refractivity (Wildman–Crippen MR) is 172 cm³/mol. The molecule has 4 aromatic rings. The minimum atomic E-state index is -1.94. The summed E-state index contributed by atoms with van der Waals surface area (Å²) in [6, 6.07) is 19.5. The molecule has 41 heavy (non-hydrogen) atoms. The highest BCUT2D eigenvalue weighted by molar-refractivity contribution is 6.74. The number of aromatic nitrogens is 3. The van der Waals surface area contributed by atoms with Crippen LogP contribution in [0.2, 0.25) is 18.1 Å². The van der Waals surface area contributed by atoms with Crippen LogP contribution in [0.4, 0.5) is 5.69 Å². The number of primary amides is 1. The van der Waals surface area contributed by atoms with Crippen LogP contribution in [0.1, 0.15) is 68.5 Å². The number of carbonyl (C=O) groups is 1. The first kappa shape index (κ1) is 30.6. The van der Waals surface area contributed by atoms with Gasteiger partial charge in [0.15, 0.2) is 8.32 Å². The normalized spacial score (nSPS) is 13.0. The van der Waals surface area contributed by atoms with Crippen LogP contribution in [0.15, 0.2) is 73.3 Å². The zero-order chi connectivity index (χ0) is 29.5. The number of fused-ring (bicyclic) bond motifs is 1. The maximum atomic E-state index is 11.7. The van der Waals surface area contributed by atoms with Gasteiger partial charge in [-0.25, -0.2) is 4.98 Å². The van der Waals surface area contributed by atoms with Gasteiger partial charge >= 0.3 is 0 Å². The van der Waals surface area contributed by atoms with Gasteiger partial charge in [-0.15, -0.1) is 0 Å². The van der Waals surface area contributed by atoms with E-state index >= 15 is 0 Å². The van der Waals surface area contributed by atoms with Crippen LogP contribution in [0.5, 0.6) is 0 Å². The molecule has 2 aromatic carbocycles. The molecule has 0 unspecified atom stereocenters. The summed E-state index contributed by atoms with van der Waals surface area (Å²) in [6.07, 6.45) is 11.2. The number of benzene rings is 2. The van der Waals surface area contributed by atoms with Crippen LogP contribution in [-0.2, 0) is 17.4 Å². The Morgan fingerprint density at radius 1 is 1.07 bits per heavy atom. The smallest absolute Gasteiger partial charge is 0.268 e. The van der Waals surface area contributed by atoms with Crippen molar-refractivity contribution >= 4 is 30.8 Å². The van der Waals surface area contributed by atoms with E-state index < -0.39 is 14.2 Å². The highest BCUT2D eigenvalue weighted by Gasteiger charge is 2.37. The van der Waals surface area contributed by atoms with E-state index in [-0.39, 0.29) is 16.8 Å². The number of imidazole rings is 1. The summed E-state index contributed by atoms with van der Waals surface area (Å²) in [4.78, 5) is 15.9. The van der Waals surface area contributed by atoms with Gasteiger partial charge in [-0.3, -0.25) is 4.79 Å². The number of nitrogens with two attached hydrogens (primary N) is 1. The van der Waals surface area contributed by atoms with Crippen molar-refractivity contribution < 1.29 is 9.22 Å². The van der Waals surface area contributed by atoms with Crippen LogP contribution >= 0.6 is 0 Å². The number of hydrogen-bond acceptors (Lipinski definition) is 4. The minimum absolute atomic E-state index is 0.0411. The van der Waals surface area contributed by atoms with E-state index in [1.54, 1.807) is 12.5 Å². The molecule has 7 nitrogen and oxygen atoms in total. The summed E-state index contributed by atoms with van der Waals surface area (Å²) < 4.78 is 10.9. The second-order valence-electron chi connectivity index (χ2n) is 12.6. The maximum Gasteiger partial charge on any atom is 0.268 e. The molecule has 0 fully saturated rings. The van der Waals surface area contributed by atoms with Crippen molar-refractivity contribution in [3.05, 3.63) is 84.6 Å². The van der Waals surface area contributed by atoms with Crippen LogP contribution in [0.25, 0.3) is 10.9 Å². The van der Waals surface area contributed by atoms with Gasteiger partial charge in [0.1, 0.15) is 5.69 Å². The van der Waals surface area contributed by atoms with E-state index in [0.29, 0.717) is 6.61 Å². The van der Waals surface area contributed by atoms with Gasteiger partial charge in [-0.2, -0.15) is 0 Å². The maximum absolute atomic E-state index is 11.7. The minimum Gasteiger partial charge on any atom is -0.415 e. The molecule has 1 amide bonds. The number of anilines is 1. The Hall–Kier alpha value is -3.36. The van der Waals surface area contributed by atoms with Gasteiger partial charge in [-0.05, 0) is 73.0 Å². The predicted octanol–water partition coefficient (Wildman–Crippen LogP) is 7.41. The molecule has 220 valence electrons.